The van der Waals surface area contributed by atoms with E-state index in [-0.39, 0.29) is 54.2 Å². The number of nitrogens with one attached hydrogen (secondary N) is 4. The van der Waals surface area contributed by atoms with Crippen LogP contribution in [0.4, 0.5) is 4.79 Å². The first-order chi connectivity index (χ1) is 26.1. The number of para-hydroxylation sites is 1. The van der Waals surface area contributed by atoms with Gasteiger partial charge in [-0.3, -0.25) is 9.59 Å². The molecule has 55 heavy (non-hydrogen) atoms. The lowest BCUT2D eigenvalue weighted by Gasteiger charge is -2.42. The van der Waals surface area contributed by atoms with E-state index in [4.69, 9.17) is 24.7 Å². The number of benzene rings is 1. The van der Waals surface area contributed by atoms with Gasteiger partial charge in [-0.05, 0) is 82.9 Å². The van der Waals surface area contributed by atoms with Crippen molar-refractivity contribution in [3.63, 3.8) is 0 Å². The van der Waals surface area contributed by atoms with E-state index < -0.39 is 48.0 Å². The van der Waals surface area contributed by atoms with E-state index in [1.165, 1.54) is 12.5 Å². The molecule has 1 aromatic carbocycles. The maximum Gasteiger partial charge on any atom is 0.407 e. The van der Waals surface area contributed by atoms with Crippen molar-refractivity contribution in [2.45, 2.75) is 128 Å². The molecular weight excluding hydrogens is 723 g/mol. The van der Waals surface area contributed by atoms with Crippen LogP contribution in [0.3, 0.4) is 0 Å². The number of nitrogens with two attached hydrogens (primary N) is 1. The fourth-order valence-corrected chi connectivity index (χ4v) is 8.56. The largest absolute Gasteiger partial charge is 0.462 e. The smallest absolute Gasteiger partial charge is 0.407 e. The van der Waals surface area contributed by atoms with Gasteiger partial charge in [-0.25, -0.2) is 9.59 Å². The number of allylic oxidation sites excluding steroid dienone is 1. The third-order valence-electron chi connectivity index (χ3n) is 11.6. The number of H-pyrrole nitrogens is 1. The molecule has 0 bridgehead atoms. The van der Waals surface area contributed by atoms with Gasteiger partial charge in [0.2, 0.25) is 11.8 Å². The quantitative estimate of drug-likeness (QED) is 0.0800. The van der Waals surface area contributed by atoms with E-state index in [0.717, 1.165) is 29.3 Å². The number of alkyl carbamates (subject to hydrolysis) is 1. The average molecular weight is 784 g/mol. The van der Waals surface area contributed by atoms with Crippen LogP contribution in [-0.2, 0) is 39.8 Å². The van der Waals surface area contributed by atoms with Gasteiger partial charge < -0.3 is 45.6 Å². The first-order valence-electron chi connectivity index (χ1n) is 19.6. The lowest BCUT2D eigenvalue weighted by Crippen LogP contribution is -2.55. The van der Waals surface area contributed by atoms with Crippen molar-refractivity contribution in [1.82, 2.24) is 20.9 Å². The summed E-state index contributed by atoms with van der Waals surface area (Å²) in [6.45, 7) is 14.4. The lowest BCUT2D eigenvalue weighted by atomic mass is 9.64. The van der Waals surface area contributed by atoms with Crippen molar-refractivity contribution < 1.29 is 38.1 Å². The second-order valence-corrected chi connectivity index (χ2v) is 17.3. The Hall–Kier alpha value is -3.59. The Kier molecular flexibility index (Phi) is 14.0. The molecule has 5 rings (SSSR count). The van der Waals surface area contributed by atoms with E-state index in [9.17, 15) is 19.2 Å². The molecule has 14 heteroatoms. The van der Waals surface area contributed by atoms with Gasteiger partial charge >= 0.3 is 12.1 Å². The molecule has 2 saturated heterocycles. The van der Waals surface area contributed by atoms with E-state index in [2.05, 4.69) is 54.7 Å². The molecule has 3 amide bonds. The van der Waals surface area contributed by atoms with Gasteiger partial charge in [-0.2, -0.15) is 11.8 Å². The van der Waals surface area contributed by atoms with Crippen molar-refractivity contribution in [2.24, 2.45) is 23.5 Å². The van der Waals surface area contributed by atoms with Gasteiger partial charge in [-0.15, -0.1) is 0 Å². The molecule has 3 heterocycles. The molecule has 0 radical (unpaired) electrons. The lowest BCUT2D eigenvalue weighted by molar-refractivity contribution is -0.148. The standard InChI is InChI=1S/C41H61N5O8S/c1-23(2)13-14-34-40(7,54-34)35-25(5)33(15-17-41(35)22-52-41)53-39(50)46-32(24(3)4)21-51-38(49)26(6)44-37(48)31(45-36(47)29(42)16-18-55-8)19-27-20-43-30-12-10-9-11-28(27)30/h9-13,20,24-26,29,31-35,43H,14-19,21-22,42H2,1-8H3,(H,44,48)(H,45,47)(H,46,50)/t25-,26+,29+,31+,32+,33-,34-,35-,40+,41+/m1/s1. The fraction of sp³-hybridized carbons (Fsp3) is 0.659. The number of aromatic amines is 1. The summed E-state index contributed by atoms with van der Waals surface area (Å²) in [6.07, 6.45) is 8.10. The Morgan fingerprint density at radius 3 is 2.51 bits per heavy atom. The van der Waals surface area contributed by atoms with Crippen molar-refractivity contribution in [1.29, 1.82) is 0 Å². The summed E-state index contributed by atoms with van der Waals surface area (Å²) in [7, 11) is 0. The summed E-state index contributed by atoms with van der Waals surface area (Å²) in [6, 6.07) is 4.32. The molecule has 304 valence electrons. The second-order valence-electron chi connectivity index (χ2n) is 16.3. The van der Waals surface area contributed by atoms with E-state index >= 15 is 0 Å². The normalized spacial score (nSPS) is 27.7. The zero-order chi connectivity index (χ0) is 40.1. The Morgan fingerprint density at radius 1 is 1.11 bits per heavy atom. The van der Waals surface area contributed by atoms with Crippen LogP contribution < -0.4 is 21.7 Å². The molecule has 13 nitrogen and oxygen atoms in total. The summed E-state index contributed by atoms with van der Waals surface area (Å²) in [5, 5.41) is 9.35. The third-order valence-corrected chi connectivity index (χ3v) is 12.2. The SMILES string of the molecule is CSCC[C@H](N)C(=O)N[C@@H](Cc1c[nH]c2ccccc12)C(=O)N[C@@H](C)C(=O)OC[C@H](NC(=O)O[C@@H]1CC[C@]2(CO2)[C@@H]([C@@]2(C)O[C@@H]2CC=C(C)C)[C@@H]1C)C(C)C. The van der Waals surface area contributed by atoms with Gasteiger partial charge in [0, 0.05) is 35.4 Å². The highest BCUT2D eigenvalue weighted by Crippen LogP contribution is 2.60. The number of ether oxygens (including phenoxy) is 4. The number of esters is 1. The zero-order valence-corrected chi connectivity index (χ0v) is 34.4. The average Bonchev–Trinajstić information content (AvgIpc) is 4.02. The molecule has 1 aromatic heterocycles. The predicted octanol–water partition coefficient (Wildman–Crippen LogP) is 4.77. The fourth-order valence-electron chi connectivity index (χ4n) is 8.07. The van der Waals surface area contributed by atoms with Crippen molar-refractivity contribution >= 4 is 46.5 Å². The van der Waals surface area contributed by atoms with Crippen molar-refractivity contribution in [2.75, 3.05) is 25.2 Å². The van der Waals surface area contributed by atoms with Gasteiger partial charge in [0.1, 0.15) is 24.8 Å². The molecule has 10 atom stereocenters. The number of fused-ring (bicyclic) bond motifs is 1. The summed E-state index contributed by atoms with van der Waals surface area (Å²) < 4.78 is 24.0. The Balaban J connectivity index is 1.15. The van der Waals surface area contributed by atoms with Crippen molar-refractivity contribution in [3.05, 3.63) is 47.7 Å². The number of thioether (sulfide) groups is 1. The summed E-state index contributed by atoms with van der Waals surface area (Å²) >= 11 is 1.58. The molecule has 1 saturated carbocycles. The number of rotatable bonds is 18. The number of hydrogen-bond donors (Lipinski definition) is 5. The maximum absolute atomic E-state index is 13.6. The van der Waals surface area contributed by atoms with Crippen LogP contribution >= 0.6 is 11.8 Å². The molecule has 0 unspecified atom stereocenters. The molecule has 3 fully saturated rings. The van der Waals surface area contributed by atoms with Crippen LogP contribution in [0.1, 0.15) is 79.7 Å². The molecule has 2 aliphatic heterocycles. The van der Waals surface area contributed by atoms with E-state index in [1.54, 1.807) is 11.8 Å². The molecule has 6 N–H and O–H groups in total. The number of hydrogen-bond acceptors (Lipinski definition) is 10. The highest BCUT2D eigenvalue weighted by Gasteiger charge is 2.71. The number of amides is 3. The molecule has 1 spiro atoms. The van der Waals surface area contributed by atoms with Crippen molar-refractivity contribution in [3.8, 4) is 0 Å². The van der Waals surface area contributed by atoms with Crippen LogP contribution in [0.15, 0.2) is 42.1 Å². The first kappa shape index (κ1) is 42.6. The second kappa shape index (κ2) is 18.1. The Labute approximate surface area is 329 Å². The minimum absolute atomic E-state index is 0.0131. The molecule has 3 aliphatic rings. The van der Waals surface area contributed by atoms with E-state index in [0.29, 0.717) is 25.2 Å². The number of carbonyl (C=O) groups excluding carboxylic acids is 4. The summed E-state index contributed by atoms with van der Waals surface area (Å²) in [4.78, 5) is 56.4. The monoisotopic (exact) mass is 783 g/mol. The van der Waals surface area contributed by atoms with Gasteiger partial charge in [0.05, 0.1) is 36.0 Å². The van der Waals surface area contributed by atoms with Gasteiger partial charge in [0.25, 0.3) is 0 Å². The van der Waals surface area contributed by atoms with Crippen LogP contribution in [0, 0.1) is 17.8 Å². The molecule has 2 aromatic rings. The highest BCUT2D eigenvalue weighted by atomic mass is 32.2. The van der Waals surface area contributed by atoms with Crippen LogP contribution in [0.25, 0.3) is 10.9 Å². The Bertz CT molecular complexity index is 1710. The minimum atomic E-state index is -1.04. The third kappa shape index (κ3) is 10.4. The van der Waals surface area contributed by atoms with E-state index in [1.807, 2.05) is 50.6 Å². The predicted molar refractivity (Wildman–Crippen MR) is 213 cm³/mol. The Morgan fingerprint density at radius 2 is 1.84 bits per heavy atom. The summed E-state index contributed by atoms with van der Waals surface area (Å²) in [5.74, 6) is -0.962. The zero-order valence-electron chi connectivity index (χ0n) is 33.6. The van der Waals surface area contributed by atoms with Crippen LogP contribution in [0.5, 0.6) is 0 Å². The number of epoxide rings is 2. The van der Waals surface area contributed by atoms with Crippen LogP contribution in [0.2, 0.25) is 0 Å². The first-order valence-corrected chi connectivity index (χ1v) is 21.0. The minimum Gasteiger partial charge on any atom is -0.462 e. The van der Waals surface area contributed by atoms with Gasteiger partial charge in [0.15, 0.2) is 0 Å². The number of carbonyl (C=O) groups is 4. The summed E-state index contributed by atoms with van der Waals surface area (Å²) in [5.41, 5.74) is 8.54. The van der Waals surface area contributed by atoms with Gasteiger partial charge in [-0.1, -0.05) is 50.6 Å². The topological polar surface area (TPSA) is 190 Å². The molecule has 1 aliphatic carbocycles. The number of aromatic nitrogens is 1. The molecular formula is C41H61N5O8S. The van der Waals surface area contributed by atoms with Crippen LogP contribution in [-0.4, -0.2) is 102 Å². The maximum atomic E-state index is 13.6. The highest BCUT2D eigenvalue weighted by molar-refractivity contribution is 7.98.